The second-order valence-electron chi connectivity index (χ2n) is 6.27. The van der Waals surface area contributed by atoms with Crippen molar-refractivity contribution in [1.29, 1.82) is 0 Å². The highest BCUT2D eigenvalue weighted by Crippen LogP contribution is 2.16. The van der Waals surface area contributed by atoms with Crippen molar-refractivity contribution in [3.8, 4) is 0 Å². The summed E-state index contributed by atoms with van der Waals surface area (Å²) in [6.07, 6.45) is 0. The standard InChI is InChI=1S/C19H20N6/c1-14-16-9-5-6-10-17(16)23-19(22-14)24-18-20-12-25(13-21-18)11-15-7-3-2-4-8-15/h2-10H,11-13H2,1H3,(H2,20,21,22,23,24)/p+2. The average molecular weight is 334 g/mol. The molecular weight excluding hydrogens is 312 g/mol. The topological polar surface area (TPSA) is 68.2 Å². The van der Waals surface area contributed by atoms with Gasteiger partial charge in [0.05, 0.1) is 11.2 Å². The molecule has 126 valence electrons. The Morgan fingerprint density at radius 3 is 2.68 bits per heavy atom. The number of aryl methyl sites for hydroxylation is 1. The summed E-state index contributed by atoms with van der Waals surface area (Å²) in [6.45, 7) is 4.68. The van der Waals surface area contributed by atoms with Crippen LogP contribution in [0.3, 0.4) is 0 Å². The lowest BCUT2D eigenvalue weighted by Gasteiger charge is -2.20. The Hall–Kier alpha value is -2.99. The van der Waals surface area contributed by atoms with Gasteiger partial charge in [-0.1, -0.05) is 48.5 Å². The number of anilines is 1. The van der Waals surface area contributed by atoms with E-state index < -0.39 is 0 Å². The SMILES string of the molecule is Cc1nc(NC2=[NH+]C[NH+](Cc3ccccc3)CN2)nc2ccccc12. The predicted molar refractivity (Wildman–Crippen MR) is 97.8 cm³/mol. The van der Waals surface area contributed by atoms with E-state index in [0.717, 1.165) is 42.4 Å². The Bertz CT molecular complexity index is 906. The molecule has 1 aromatic heterocycles. The molecule has 2 heterocycles. The molecule has 2 aromatic carbocycles. The van der Waals surface area contributed by atoms with E-state index in [4.69, 9.17) is 0 Å². The van der Waals surface area contributed by atoms with Crippen molar-refractivity contribution in [1.82, 2.24) is 15.3 Å². The molecule has 4 rings (SSSR count). The number of nitrogens with zero attached hydrogens (tertiary/aromatic N) is 2. The molecule has 1 unspecified atom stereocenters. The first kappa shape index (κ1) is 15.5. The van der Waals surface area contributed by atoms with Gasteiger partial charge in [-0.05, 0) is 13.0 Å². The summed E-state index contributed by atoms with van der Waals surface area (Å²) in [4.78, 5) is 13.9. The molecule has 4 N–H and O–H groups in total. The number of quaternary nitrogens is 1. The highest BCUT2D eigenvalue weighted by Gasteiger charge is 2.21. The molecule has 0 aliphatic carbocycles. The first-order chi connectivity index (χ1) is 12.3. The molecule has 0 spiro atoms. The van der Waals surface area contributed by atoms with Gasteiger partial charge in [-0.25, -0.2) is 20.6 Å². The third-order valence-electron chi connectivity index (χ3n) is 4.36. The van der Waals surface area contributed by atoms with Gasteiger partial charge in [-0.3, -0.25) is 4.90 Å². The maximum Gasteiger partial charge on any atom is 0.359 e. The van der Waals surface area contributed by atoms with Gasteiger partial charge in [-0.2, -0.15) is 4.98 Å². The summed E-state index contributed by atoms with van der Waals surface area (Å²) < 4.78 is 0. The smallest absolute Gasteiger partial charge is 0.273 e. The fraction of sp³-hybridized carbons (Fsp3) is 0.211. The van der Waals surface area contributed by atoms with Crippen molar-refractivity contribution < 1.29 is 9.89 Å². The number of hydrogen-bond donors (Lipinski definition) is 4. The number of aromatic nitrogens is 2. The van der Waals surface area contributed by atoms with Gasteiger partial charge in [0.1, 0.15) is 6.54 Å². The maximum absolute atomic E-state index is 4.59. The molecule has 0 amide bonds. The highest BCUT2D eigenvalue weighted by molar-refractivity contribution is 5.89. The number of nitrogens with one attached hydrogen (secondary N) is 4. The Kier molecular flexibility index (Phi) is 4.26. The molecule has 1 aliphatic heterocycles. The van der Waals surface area contributed by atoms with Crippen LogP contribution in [-0.4, -0.2) is 29.3 Å². The van der Waals surface area contributed by atoms with E-state index in [1.54, 1.807) is 0 Å². The van der Waals surface area contributed by atoms with Gasteiger partial charge in [0.15, 0.2) is 13.3 Å². The Morgan fingerprint density at radius 2 is 1.88 bits per heavy atom. The van der Waals surface area contributed by atoms with E-state index in [-0.39, 0.29) is 0 Å². The molecule has 1 aliphatic rings. The van der Waals surface area contributed by atoms with Gasteiger partial charge in [-0.15, -0.1) is 0 Å². The first-order valence-corrected chi connectivity index (χ1v) is 8.50. The van der Waals surface area contributed by atoms with Crippen LogP contribution in [0.25, 0.3) is 10.9 Å². The fourth-order valence-electron chi connectivity index (χ4n) is 3.05. The van der Waals surface area contributed by atoms with Crippen molar-refractivity contribution in [3.63, 3.8) is 0 Å². The molecule has 6 heteroatoms. The lowest BCUT2D eigenvalue weighted by Crippen LogP contribution is -3.23. The molecule has 25 heavy (non-hydrogen) atoms. The van der Waals surface area contributed by atoms with Crippen LogP contribution in [0.1, 0.15) is 11.3 Å². The fourth-order valence-corrected chi connectivity index (χ4v) is 3.05. The monoisotopic (exact) mass is 334 g/mol. The van der Waals surface area contributed by atoms with Crippen LogP contribution in [0.2, 0.25) is 0 Å². The van der Waals surface area contributed by atoms with Crippen LogP contribution in [-0.2, 0) is 6.54 Å². The number of hydrogen-bond acceptors (Lipinski definition) is 4. The average Bonchev–Trinajstić information content (AvgIpc) is 2.64. The molecule has 0 saturated heterocycles. The Balaban J connectivity index is 1.44. The largest absolute Gasteiger partial charge is 0.359 e. The zero-order valence-electron chi connectivity index (χ0n) is 14.2. The molecular formula is C19H22N6+2. The zero-order chi connectivity index (χ0) is 17.1. The van der Waals surface area contributed by atoms with Crippen LogP contribution >= 0.6 is 0 Å². The number of rotatable bonds is 3. The second-order valence-corrected chi connectivity index (χ2v) is 6.27. The third-order valence-corrected chi connectivity index (χ3v) is 4.36. The van der Waals surface area contributed by atoms with Crippen molar-refractivity contribution in [3.05, 3.63) is 65.9 Å². The lowest BCUT2D eigenvalue weighted by molar-refractivity contribution is -0.991. The van der Waals surface area contributed by atoms with Crippen LogP contribution in [0, 0.1) is 6.92 Å². The summed E-state index contributed by atoms with van der Waals surface area (Å²) in [5, 5.41) is 7.72. The zero-order valence-corrected chi connectivity index (χ0v) is 14.2. The lowest BCUT2D eigenvalue weighted by atomic mass is 10.2. The van der Waals surface area contributed by atoms with Crippen molar-refractivity contribution in [2.24, 2.45) is 0 Å². The highest BCUT2D eigenvalue weighted by atomic mass is 15.4. The minimum Gasteiger partial charge on any atom is -0.273 e. The minimum absolute atomic E-state index is 0.609. The van der Waals surface area contributed by atoms with Gasteiger partial charge in [0, 0.05) is 10.9 Å². The molecule has 0 fully saturated rings. The number of benzene rings is 2. The van der Waals surface area contributed by atoms with E-state index in [1.807, 2.05) is 37.3 Å². The van der Waals surface area contributed by atoms with E-state index in [9.17, 15) is 0 Å². The summed E-state index contributed by atoms with van der Waals surface area (Å²) in [5.74, 6) is 1.46. The molecule has 1 atom stereocenters. The van der Waals surface area contributed by atoms with Gasteiger partial charge >= 0.3 is 5.96 Å². The Morgan fingerprint density at radius 1 is 1.08 bits per heavy atom. The summed E-state index contributed by atoms with van der Waals surface area (Å²) in [7, 11) is 0. The molecule has 0 radical (unpaired) electrons. The molecule has 6 nitrogen and oxygen atoms in total. The summed E-state index contributed by atoms with van der Waals surface area (Å²) in [6, 6.07) is 18.6. The van der Waals surface area contributed by atoms with Gasteiger partial charge in [0.2, 0.25) is 0 Å². The third kappa shape index (κ3) is 3.59. The van der Waals surface area contributed by atoms with Crippen molar-refractivity contribution >= 4 is 22.8 Å². The number of guanidine groups is 1. The van der Waals surface area contributed by atoms with E-state index in [0.29, 0.717) is 5.95 Å². The predicted octanol–water partition coefficient (Wildman–Crippen LogP) is -0.610. The summed E-state index contributed by atoms with van der Waals surface area (Å²) >= 11 is 0. The molecule has 0 saturated carbocycles. The number of fused-ring (bicyclic) bond motifs is 1. The van der Waals surface area contributed by atoms with Crippen LogP contribution in [0.4, 0.5) is 5.95 Å². The van der Waals surface area contributed by atoms with E-state index >= 15 is 0 Å². The van der Waals surface area contributed by atoms with Crippen LogP contribution < -0.4 is 20.5 Å². The van der Waals surface area contributed by atoms with E-state index in [2.05, 4.69) is 49.9 Å². The quantitative estimate of drug-likeness (QED) is 0.516. The number of para-hydroxylation sites is 1. The van der Waals surface area contributed by atoms with Gasteiger partial charge < -0.3 is 0 Å². The maximum atomic E-state index is 4.59. The van der Waals surface area contributed by atoms with Crippen LogP contribution in [0.15, 0.2) is 54.6 Å². The van der Waals surface area contributed by atoms with Crippen LogP contribution in [0.5, 0.6) is 0 Å². The van der Waals surface area contributed by atoms with Crippen molar-refractivity contribution in [2.45, 2.75) is 13.5 Å². The minimum atomic E-state index is 0.609. The molecule has 0 bridgehead atoms. The molecule has 3 aromatic rings. The Labute approximate surface area is 146 Å². The summed E-state index contributed by atoms with van der Waals surface area (Å²) in [5.41, 5.74) is 3.26. The van der Waals surface area contributed by atoms with Crippen molar-refractivity contribution in [2.75, 3.05) is 18.7 Å². The first-order valence-electron chi connectivity index (χ1n) is 8.50. The van der Waals surface area contributed by atoms with Gasteiger partial charge in [0.25, 0.3) is 5.95 Å². The van der Waals surface area contributed by atoms with E-state index in [1.165, 1.54) is 10.5 Å². The second kappa shape index (κ2) is 6.86. The normalized spacial score (nSPS) is 17.0.